The number of benzene rings is 2. The third-order valence-corrected chi connectivity index (χ3v) is 6.53. The maximum Gasteiger partial charge on any atom is 0.243 e. The Labute approximate surface area is 150 Å². The van der Waals surface area contributed by atoms with Gasteiger partial charge in [-0.2, -0.15) is 4.31 Å². The zero-order valence-corrected chi connectivity index (χ0v) is 14.9. The van der Waals surface area contributed by atoms with E-state index in [-0.39, 0.29) is 10.9 Å². The zero-order valence-electron chi connectivity index (χ0n) is 14.1. The lowest BCUT2D eigenvalue weighted by Gasteiger charge is -2.37. The van der Waals surface area contributed by atoms with E-state index in [9.17, 15) is 12.8 Å². The first-order valence-corrected chi connectivity index (χ1v) is 9.63. The molecular formula is C18H17FN4O2S. The quantitative estimate of drug-likeness (QED) is 0.706. The van der Waals surface area contributed by atoms with E-state index >= 15 is 0 Å². The highest BCUT2D eigenvalue weighted by Crippen LogP contribution is 2.30. The number of sulfonamides is 1. The summed E-state index contributed by atoms with van der Waals surface area (Å²) in [5, 5.41) is 8.29. The number of hydrogen-bond donors (Lipinski definition) is 0. The van der Waals surface area contributed by atoms with Crippen LogP contribution in [0.5, 0.6) is 0 Å². The van der Waals surface area contributed by atoms with Crippen LogP contribution >= 0.6 is 0 Å². The highest BCUT2D eigenvalue weighted by atomic mass is 32.2. The van der Waals surface area contributed by atoms with Gasteiger partial charge in [0.25, 0.3) is 0 Å². The molecule has 0 saturated carbocycles. The van der Waals surface area contributed by atoms with Crippen LogP contribution in [0.3, 0.4) is 0 Å². The lowest BCUT2D eigenvalue weighted by atomic mass is 10.1. The summed E-state index contributed by atoms with van der Waals surface area (Å²) in [6.45, 7) is 2.23. The van der Waals surface area contributed by atoms with Crippen LogP contribution in [0.1, 0.15) is 11.6 Å². The van der Waals surface area contributed by atoms with Crippen molar-refractivity contribution in [3.63, 3.8) is 0 Å². The van der Waals surface area contributed by atoms with Crippen LogP contribution in [0, 0.1) is 12.7 Å². The first kappa shape index (κ1) is 16.9. The second kappa shape index (κ2) is 6.30. The van der Waals surface area contributed by atoms with Gasteiger partial charge in [-0.1, -0.05) is 35.5 Å². The molecule has 0 atom stereocenters. The van der Waals surface area contributed by atoms with Crippen LogP contribution in [-0.4, -0.2) is 40.8 Å². The summed E-state index contributed by atoms with van der Waals surface area (Å²) in [5.74, 6) is -0.445. The molecule has 0 bridgehead atoms. The third kappa shape index (κ3) is 2.91. The van der Waals surface area contributed by atoms with Crippen molar-refractivity contribution in [3.05, 3.63) is 66.1 Å². The van der Waals surface area contributed by atoms with Crippen molar-refractivity contribution in [1.82, 2.24) is 19.3 Å². The van der Waals surface area contributed by atoms with Crippen LogP contribution in [0.2, 0.25) is 0 Å². The molecule has 0 amide bonds. The molecular weight excluding hydrogens is 355 g/mol. The van der Waals surface area contributed by atoms with E-state index in [1.807, 2.05) is 36.5 Å². The summed E-state index contributed by atoms with van der Waals surface area (Å²) in [4.78, 5) is 0.140. The number of rotatable bonds is 4. The van der Waals surface area contributed by atoms with E-state index in [0.29, 0.717) is 18.7 Å². The molecule has 26 heavy (non-hydrogen) atoms. The topological polar surface area (TPSA) is 68.1 Å². The standard InChI is InChI=1S/C18H17FN4O2S/c1-13-9-15(19)7-8-18(13)26(24,25)22-10-16(11-22)23-12-17(20-21-23)14-5-3-2-4-6-14/h2-9,12,16H,10-11H2,1H3. The van der Waals surface area contributed by atoms with E-state index in [2.05, 4.69) is 10.3 Å². The number of nitrogens with zero attached hydrogens (tertiary/aromatic N) is 4. The minimum absolute atomic E-state index is 0.0597. The second-order valence-electron chi connectivity index (χ2n) is 6.34. The Morgan fingerprint density at radius 3 is 2.54 bits per heavy atom. The van der Waals surface area contributed by atoms with Gasteiger partial charge in [0, 0.05) is 18.7 Å². The fraction of sp³-hybridized carbons (Fsp3) is 0.222. The predicted octanol–water partition coefficient (Wildman–Crippen LogP) is 2.64. The van der Waals surface area contributed by atoms with E-state index in [0.717, 1.165) is 11.3 Å². The van der Waals surface area contributed by atoms with Gasteiger partial charge in [-0.05, 0) is 30.7 Å². The molecule has 1 aliphatic rings. The fourth-order valence-electron chi connectivity index (χ4n) is 3.02. The molecule has 1 fully saturated rings. The van der Waals surface area contributed by atoms with Crippen molar-refractivity contribution in [2.75, 3.05) is 13.1 Å². The molecule has 4 rings (SSSR count). The normalized spacial score (nSPS) is 15.8. The Morgan fingerprint density at radius 1 is 1.12 bits per heavy atom. The Hall–Kier alpha value is -2.58. The van der Waals surface area contributed by atoms with Gasteiger partial charge >= 0.3 is 0 Å². The van der Waals surface area contributed by atoms with E-state index in [4.69, 9.17) is 0 Å². The molecule has 8 heteroatoms. The largest absolute Gasteiger partial charge is 0.246 e. The maximum atomic E-state index is 13.2. The first-order valence-electron chi connectivity index (χ1n) is 8.19. The second-order valence-corrected chi connectivity index (χ2v) is 8.24. The molecule has 0 N–H and O–H groups in total. The minimum atomic E-state index is -3.63. The van der Waals surface area contributed by atoms with Gasteiger partial charge in [-0.3, -0.25) is 0 Å². The maximum absolute atomic E-state index is 13.2. The number of aromatic nitrogens is 3. The fourth-order valence-corrected chi connectivity index (χ4v) is 4.74. The molecule has 1 aliphatic heterocycles. The number of aryl methyl sites for hydroxylation is 1. The van der Waals surface area contributed by atoms with E-state index < -0.39 is 15.8 Å². The molecule has 134 valence electrons. The van der Waals surface area contributed by atoms with Gasteiger partial charge in [0.05, 0.1) is 17.1 Å². The summed E-state index contributed by atoms with van der Waals surface area (Å²) < 4.78 is 41.7. The third-order valence-electron chi connectivity index (χ3n) is 4.54. The highest BCUT2D eigenvalue weighted by Gasteiger charge is 2.39. The smallest absolute Gasteiger partial charge is 0.243 e. The van der Waals surface area contributed by atoms with Crippen molar-refractivity contribution in [2.24, 2.45) is 0 Å². The minimum Gasteiger partial charge on any atom is -0.246 e. The Bertz CT molecular complexity index is 1040. The lowest BCUT2D eigenvalue weighted by Crippen LogP contribution is -2.50. The Balaban J connectivity index is 1.49. The van der Waals surface area contributed by atoms with Gasteiger partial charge in [-0.25, -0.2) is 17.5 Å². The van der Waals surface area contributed by atoms with Crippen LogP contribution in [0.4, 0.5) is 4.39 Å². The lowest BCUT2D eigenvalue weighted by molar-refractivity contribution is 0.189. The van der Waals surface area contributed by atoms with Crippen LogP contribution < -0.4 is 0 Å². The van der Waals surface area contributed by atoms with E-state index in [1.54, 1.807) is 11.6 Å². The van der Waals surface area contributed by atoms with Crippen LogP contribution in [0.25, 0.3) is 11.3 Å². The highest BCUT2D eigenvalue weighted by molar-refractivity contribution is 7.89. The molecule has 0 radical (unpaired) electrons. The summed E-state index contributed by atoms with van der Waals surface area (Å²) in [6.07, 6.45) is 1.83. The molecule has 6 nitrogen and oxygen atoms in total. The van der Waals surface area contributed by atoms with Crippen LogP contribution in [0.15, 0.2) is 59.6 Å². The molecule has 1 saturated heterocycles. The van der Waals surface area contributed by atoms with Crippen molar-refractivity contribution in [1.29, 1.82) is 0 Å². The van der Waals surface area contributed by atoms with Crippen molar-refractivity contribution >= 4 is 10.0 Å². The summed E-state index contributed by atoms with van der Waals surface area (Å²) in [5.41, 5.74) is 2.12. The first-order chi connectivity index (χ1) is 12.4. The summed E-state index contributed by atoms with van der Waals surface area (Å²) >= 11 is 0. The average molecular weight is 372 g/mol. The Kier molecular flexibility index (Phi) is 4.08. The van der Waals surface area contributed by atoms with Gasteiger partial charge in [0.15, 0.2) is 0 Å². The number of halogens is 1. The monoisotopic (exact) mass is 372 g/mol. The SMILES string of the molecule is Cc1cc(F)ccc1S(=O)(=O)N1CC(n2cc(-c3ccccc3)nn2)C1. The average Bonchev–Trinajstić information content (AvgIpc) is 3.03. The predicted molar refractivity (Wildman–Crippen MR) is 94.4 cm³/mol. The van der Waals surface area contributed by atoms with Gasteiger partial charge in [0.1, 0.15) is 11.5 Å². The van der Waals surface area contributed by atoms with Gasteiger partial charge in [0.2, 0.25) is 10.0 Å². The van der Waals surface area contributed by atoms with E-state index in [1.165, 1.54) is 22.5 Å². The Morgan fingerprint density at radius 2 is 1.85 bits per heavy atom. The summed E-state index contributed by atoms with van der Waals surface area (Å²) in [6, 6.07) is 13.3. The molecule has 2 heterocycles. The molecule has 0 spiro atoms. The molecule has 0 unspecified atom stereocenters. The van der Waals surface area contributed by atoms with Crippen LogP contribution in [-0.2, 0) is 10.0 Å². The number of hydrogen-bond acceptors (Lipinski definition) is 4. The molecule has 2 aromatic carbocycles. The molecule has 1 aromatic heterocycles. The zero-order chi connectivity index (χ0) is 18.3. The molecule has 3 aromatic rings. The van der Waals surface area contributed by atoms with Crippen molar-refractivity contribution in [2.45, 2.75) is 17.9 Å². The van der Waals surface area contributed by atoms with Gasteiger partial charge < -0.3 is 0 Å². The van der Waals surface area contributed by atoms with Crippen molar-refractivity contribution < 1.29 is 12.8 Å². The summed E-state index contributed by atoms with van der Waals surface area (Å²) in [7, 11) is -3.63. The van der Waals surface area contributed by atoms with Crippen molar-refractivity contribution in [3.8, 4) is 11.3 Å². The van der Waals surface area contributed by atoms with Gasteiger partial charge in [-0.15, -0.1) is 5.10 Å². The molecule has 0 aliphatic carbocycles.